The second-order valence-electron chi connectivity index (χ2n) is 8.76. The molecule has 1 heterocycles. The minimum absolute atomic E-state index is 0.0657. The topological polar surface area (TPSA) is 41.5 Å². The van der Waals surface area contributed by atoms with Gasteiger partial charge >= 0.3 is 0 Å². The van der Waals surface area contributed by atoms with Crippen LogP contribution in [-0.2, 0) is 4.79 Å². The molecule has 0 aromatic carbocycles. The van der Waals surface area contributed by atoms with Crippen molar-refractivity contribution < 1.29 is 9.28 Å². The first-order valence-electron chi connectivity index (χ1n) is 12.4. The normalized spacial score (nSPS) is 21.3. The van der Waals surface area contributed by atoms with Gasteiger partial charge in [0.25, 0.3) is 0 Å². The maximum atomic E-state index is 11.2. The summed E-state index contributed by atoms with van der Waals surface area (Å²) in [6.45, 7) is 9.98. The first-order chi connectivity index (χ1) is 14.1. The van der Waals surface area contributed by atoms with Gasteiger partial charge in [-0.2, -0.15) is 0 Å². The van der Waals surface area contributed by atoms with Crippen LogP contribution in [0.4, 0.5) is 0 Å². The van der Waals surface area contributed by atoms with E-state index in [9.17, 15) is 4.79 Å². The Labute approximate surface area is 180 Å². The van der Waals surface area contributed by atoms with Crippen LogP contribution in [0.1, 0.15) is 104 Å². The molecule has 0 saturated heterocycles. The van der Waals surface area contributed by atoms with E-state index in [0.29, 0.717) is 6.17 Å². The van der Waals surface area contributed by atoms with Crippen molar-refractivity contribution in [1.29, 1.82) is 0 Å². The number of nitrogens with zero attached hydrogens (tertiary/aromatic N) is 2. The number of allylic oxidation sites excluding steroid dienone is 2. The molecule has 0 radical (unpaired) electrons. The van der Waals surface area contributed by atoms with E-state index in [2.05, 4.69) is 37.5 Å². The Morgan fingerprint density at radius 1 is 1.00 bits per heavy atom. The number of carbonyl (C=O) groups is 1. The fourth-order valence-corrected chi connectivity index (χ4v) is 4.36. The molecule has 4 heteroatoms. The Morgan fingerprint density at radius 3 is 2.24 bits per heavy atom. The van der Waals surface area contributed by atoms with Crippen molar-refractivity contribution in [2.75, 3.05) is 26.2 Å². The molecule has 168 valence electrons. The van der Waals surface area contributed by atoms with Gasteiger partial charge in [0.1, 0.15) is 6.54 Å². The van der Waals surface area contributed by atoms with Crippen molar-refractivity contribution in [2.24, 2.45) is 4.99 Å². The van der Waals surface area contributed by atoms with Gasteiger partial charge in [0, 0.05) is 13.3 Å². The van der Waals surface area contributed by atoms with Crippen LogP contribution in [0.25, 0.3) is 0 Å². The summed E-state index contributed by atoms with van der Waals surface area (Å²) in [6.07, 6.45) is 24.6. The van der Waals surface area contributed by atoms with Gasteiger partial charge in [0.05, 0.1) is 25.8 Å². The zero-order valence-corrected chi connectivity index (χ0v) is 19.6. The lowest BCUT2D eigenvalue weighted by atomic mass is 10.1. The molecule has 1 N–H and O–H groups in total. The van der Waals surface area contributed by atoms with Crippen molar-refractivity contribution in [1.82, 2.24) is 5.32 Å². The van der Waals surface area contributed by atoms with Gasteiger partial charge in [-0.15, -0.1) is 0 Å². The fourth-order valence-electron chi connectivity index (χ4n) is 4.36. The van der Waals surface area contributed by atoms with Crippen molar-refractivity contribution in [3.63, 3.8) is 0 Å². The number of hydrogen-bond donors (Lipinski definition) is 1. The summed E-state index contributed by atoms with van der Waals surface area (Å²) in [5.74, 6) is 0.0657. The van der Waals surface area contributed by atoms with Crippen LogP contribution < -0.4 is 5.32 Å². The smallest absolute Gasteiger partial charge is 0.217 e. The van der Waals surface area contributed by atoms with Crippen molar-refractivity contribution in [2.45, 2.75) is 110 Å². The molecule has 2 atom stereocenters. The van der Waals surface area contributed by atoms with Crippen molar-refractivity contribution in [3.8, 4) is 0 Å². The van der Waals surface area contributed by atoms with E-state index in [-0.39, 0.29) is 5.91 Å². The second kappa shape index (κ2) is 16.6. The van der Waals surface area contributed by atoms with E-state index >= 15 is 0 Å². The zero-order chi connectivity index (χ0) is 21.2. The molecule has 0 bridgehead atoms. The van der Waals surface area contributed by atoms with Crippen LogP contribution in [0.15, 0.2) is 17.1 Å². The van der Waals surface area contributed by atoms with Crippen LogP contribution in [0.3, 0.4) is 0 Å². The molecular weight excluding hydrogens is 358 g/mol. The highest BCUT2D eigenvalue weighted by molar-refractivity contribution is 5.72. The lowest BCUT2D eigenvalue weighted by Crippen LogP contribution is -2.55. The molecule has 1 amide bonds. The largest absolute Gasteiger partial charge is 0.351 e. The third-order valence-corrected chi connectivity index (χ3v) is 6.39. The summed E-state index contributed by atoms with van der Waals surface area (Å²) >= 11 is 0. The minimum Gasteiger partial charge on any atom is -0.351 e. The fraction of sp³-hybridized carbons (Fsp3) is 0.840. The predicted molar refractivity (Wildman–Crippen MR) is 126 cm³/mol. The number of nitrogens with one attached hydrogen (secondary N) is 1. The maximum absolute atomic E-state index is 11.2. The quantitative estimate of drug-likeness (QED) is 0.169. The average molecular weight is 407 g/mol. The summed E-state index contributed by atoms with van der Waals surface area (Å²) in [6, 6.07) is 0. The zero-order valence-electron chi connectivity index (χ0n) is 19.6. The maximum Gasteiger partial charge on any atom is 0.217 e. The van der Waals surface area contributed by atoms with Crippen molar-refractivity contribution >= 4 is 12.1 Å². The molecule has 0 fully saturated rings. The average Bonchev–Trinajstić information content (AvgIpc) is 3.11. The summed E-state index contributed by atoms with van der Waals surface area (Å²) < 4.78 is 1.01. The van der Waals surface area contributed by atoms with Gasteiger partial charge in [-0.05, 0) is 39.0 Å². The minimum atomic E-state index is 0.0657. The van der Waals surface area contributed by atoms with Crippen LogP contribution in [0.5, 0.6) is 0 Å². The second-order valence-corrected chi connectivity index (χ2v) is 8.76. The van der Waals surface area contributed by atoms with E-state index in [1.165, 1.54) is 83.5 Å². The summed E-state index contributed by atoms with van der Waals surface area (Å²) in [4.78, 5) is 15.9. The third-order valence-electron chi connectivity index (χ3n) is 6.39. The predicted octanol–water partition coefficient (Wildman–Crippen LogP) is 6.02. The molecule has 0 aromatic heterocycles. The van der Waals surface area contributed by atoms with Crippen LogP contribution in [0, 0.1) is 0 Å². The molecule has 0 aliphatic carbocycles. The number of likely N-dealkylation sites (N-methyl/N-ethyl adjacent to an activating group) is 1. The first kappa shape index (κ1) is 25.9. The number of quaternary nitrogens is 1. The van der Waals surface area contributed by atoms with E-state index in [1.54, 1.807) is 6.92 Å². The molecule has 1 aliphatic rings. The number of carbonyl (C=O) groups excluding carboxylic acids is 1. The monoisotopic (exact) mass is 406 g/mol. The summed E-state index contributed by atoms with van der Waals surface area (Å²) in [5.41, 5.74) is 0. The number of rotatable bonds is 18. The van der Waals surface area contributed by atoms with Gasteiger partial charge in [-0.25, -0.2) is 4.99 Å². The van der Waals surface area contributed by atoms with Crippen LogP contribution in [0.2, 0.25) is 0 Å². The molecule has 4 nitrogen and oxygen atoms in total. The Kier molecular flexibility index (Phi) is 14.8. The highest BCUT2D eigenvalue weighted by Gasteiger charge is 2.37. The standard InChI is InChI=1S/C25H47N3O/c1-4-6-7-8-9-10-11-12-13-14-15-16-17-18-19-25-27-21-23-28(25,5-2)22-20-26-24(3)29/h13-14,21,25H,4-12,15-20,22-23H2,1-3H3/p+1/b14-13+. The Bertz CT molecular complexity index is 475. The van der Waals surface area contributed by atoms with E-state index < -0.39 is 0 Å². The molecule has 1 aliphatic heterocycles. The Hall–Kier alpha value is -1.16. The molecule has 0 spiro atoms. The molecule has 0 aromatic rings. The number of aliphatic imine (C=N–C) groups is 1. The highest BCUT2D eigenvalue weighted by atomic mass is 16.1. The Morgan fingerprint density at radius 2 is 1.62 bits per heavy atom. The van der Waals surface area contributed by atoms with Gasteiger partial charge in [-0.3, -0.25) is 9.28 Å². The molecule has 1 rings (SSSR count). The summed E-state index contributed by atoms with van der Waals surface area (Å²) in [5, 5.41) is 2.95. The first-order valence-corrected chi connectivity index (χ1v) is 12.4. The lowest BCUT2D eigenvalue weighted by Gasteiger charge is -2.38. The lowest BCUT2D eigenvalue weighted by molar-refractivity contribution is -0.935. The van der Waals surface area contributed by atoms with E-state index in [4.69, 9.17) is 4.99 Å². The van der Waals surface area contributed by atoms with Gasteiger partial charge < -0.3 is 5.32 Å². The van der Waals surface area contributed by atoms with Crippen molar-refractivity contribution in [3.05, 3.63) is 12.2 Å². The van der Waals surface area contributed by atoms with E-state index in [0.717, 1.165) is 30.7 Å². The molecule has 29 heavy (non-hydrogen) atoms. The van der Waals surface area contributed by atoms with Crippen LogP contribution >= 0.6 is 0 Å². The van der Waals surface area contributed by atoms with Gasteiger partial charge in [-0.1, -0.05) is 64.0 Å². The molecule has 0 saturated carbocycles. The number of hydrogen-bond acceptors (Lipinski definition) is 2. The SMILES string of the molecule is CCCCCCCCC/C=C/CCCCCC1N=CC[N+]1(CC)CCNC(C)=O. The van der Waals surface area contributed by atoms with Crippen LogP contribution in [-0.4, -0.2) is 48.9 Å². The third kappa shape index (κ3) is 11.6. The van der Waals surface area contributed by atoms with E-state index in [1.807, 2.05) is 0 Å². The molecule has 2 unspecified atom stereocenters. The van der Waals surface area contributed by atoms with Gasteiger partial charge in [0.2, 0.25) is 5.91 Å². The summed E-state index contributed by atoms with van der Waals surface area (Å²) in [7, 11) is 0. The number of amides is 1. The Balaban J connectivity index is 2.05. The number of unbranched alkanes of at least 4 members (excludes halogenated alkanes) is 10. The van der Waals surface area contributed by atoms with Gasteiger partial charge in [0.15, 0.2) is 6.17 Å². The highest BCUT2D eigenvalue weighted by Crippen LogP contribution is 2.24. The molecular formula is C25H48N3O+.